The molecule has 35 heteroatoms. The van der Waals surface area contributed by atoms with E-state index in [0.717, 1.165) is 79.3 Å². The van der Waals surface area contributed by atoms with Crippen LogP contribution in [0.5, 0.6) is 5.75 Å². The number of benzene rings is 1. The number of phenols is 1. The molecule has 2 saturated heterocycles. The summed E-state index contributed by atoms with van der Waals surface area (Å²) in [4.78, 5) is 168. The van der Waals surface area contributed by atoms with Crippen molar-refractivity contribution in [2.75, 3.05) is 20.2 Å². The maximum Gasteiger partial charge on any atom is 0.329 e. The van der Waals surface area contributed by atoms with Crippen LogP contribution < -0.4 is 54.0 Å². The van der Waals surface area contributed by atoms with E-state index in [1.165, 1.54) is 50.5 Å². The minimum atomic E-state index is -2.30. The van der Waals surface area contributed by atoms with Crippen molar-refractivity contribution in [3.63, 3.8) is 0 Å². The first-order valence-electron chi connectivity index (χ1n) is 33.2. The number of primary amides is 2. The van der Waals surface area contributed by atoms with Gasteiger partial charge in [-0.05, 0) is 71.6 Å². The Kier molecular flexibility index (Phi) is 36.9. The van der Waals surface area contributed by atoms with Crippen LogP contribution in [0.3, 0.4) is 0 Å². The Labute approximate surface area is 573 Å². The highest BCUT2D eigenvalue weighted by molar-refractivity contribution is 6.02. The van der Waals surface area contributed by atoms with E-state index in [2.05, 4.69) is 49.5 Å². The number of aliphatic hydroxyl groups is 8. The number of carbonyl (C=O) groups is 12. The van der Waals surface area contributed by atoms with Gasteiger partial charge in [-0.15, -0.1) is 0 Å². The fraction of sp³-hybridized carbons (Fsp3) is 0.688. The summed E-state index contributed by atoms with van der Waals surface area (Å²) >= 11 is 0. The molecule has 1 aromatic carbocycles. The van der Waals surface area contributed by atoms with Gasteiger partial charge in [-0.3, -0.25) is 52.7 Å². The van der Waals surface area contributed by atoms with Crippen LogP contribution >= 0.6 is 0 Å². The molecule has 0 spiro atoms. The highest BCUT2D eigenvalue weighted by Crippen LogP contribution is 2.25. The summed E-state index contributed by atoms with van der Waals surface area (Å²) in [7, 11) is 0.983. The molecule has 21 N–H and O–H groups in total. The fourth-order valence-corrected chi connectivity index (χ4v) is 10.8. The number of hydrogen-bond donors (Lipinski definition) is 19. The number of ether oxygens (including phenoxy) is 3. The van der Waals surface area contributed by atoms with Crippen molar-refractivity contribution in [1.82, 2.24) is 47.4 Å². The molecule has 2 fully saturated rings. The number of esters is 1. The van der Waals surface area contributed by atoms with E-state index in [-0.39, 0.29) is 17.7 Å². The summed E-state index contributed by atoms with van der Waals surface area (Å²) in [5, 5.41) is 114. The average molecular weight is 1410 g/mol. The zero-order chi connectivity index (χ0) is 74.4. The highest BCUT2D eigenvalue weighted by Gasteiger charge is 2.47. The van der Waals surface area contributed by atoms with Crippen LogP contribution in [0.2, 0.25) is 0 Å². The van der Waals surface area contributed by atoms with Crippen LogP contribution in [0.15, 0.2) is 36.0 Å². The van der Waals surface area contributed by atoms with Gasteiger partial charge < -0.3 is 119 Å². The molecule has 558 valence electrons. The van der Waals surface area contributed by atoms with E-state index >= 15 is 0 Å². The molecular formula is C64H103N11O24. The zero-order valence-electron chi connectivity index (χ0n) is 57.0. The van der Waals surface area contributed by atoms with Gasteiger partial charge >= 0.3 is 5.97 Å². The van der Waals surface area contributed by atoms with Gasteiger partial charge in [0.25, 0.3) is 11.8 Å². The number of unbranched alkanes of at least 4 members (excludes halogenated alkanes) is 10. The minimum absolute atomic E-state index is 0.0390. The van der Waals surface area contributed by atoms with Crippen molar-refractivity contribution in [3.8, 4) is 5.75 Å². The minimum Gasteiger partial charge on any atom is -0.508 e. The van der Waals surface area contributed by atoms with Gasteiger partial charge in [-0.25, -0.2) is 4.79 Å². The quantitative estimate of drug-likeness (QED) is 0.0188. The van der Waals surface area contributed by atoms with Gasteiger partial charge in [-0.2, -0.15) is 0 Å². The van der Waals surface area contributed by atoms with Crippen molar-refractivity contribution < 1.29 is 118 Å². The van der Waals surface area contributed by atoms with E-state index in [1.807, 2.05) is 0 Å². The van der Waals surface area contributed by atoms with Crippen molar-refractivity contribution >= 4 is 70.9 Å². The van der Waals surface area contributed by atoms with Crippen LogP contribution in [0.1, 0.15) is 150 Å². The van der Waals surface area contributed by atoms with Gasteiger partial charge in [0, 0.05) is 26.3 Å². The Balaban J connectivity index is 2.22. The Morgan fingerprint density at radius 2 is 1.28 bits per heavy atom. The summed E-state index contributed by atoms with van der Waals surface area (Å²) in [5.74, 6) is -15.4. The molecule has 0 bridgehead atoms. The number of likely N-dealkylation sites (N-methyl/N-ethyl adjacent to an activating group) is 1. The lowest BCUT2D eigenvalue weighted by Crippen LogP contribution is -2.64. The van der Waals surface area contributed by atoms with Crippen LogP contribution in [0.25, 0.3) is 0 Å². The molecule has 1 aromatic rings. The number of carbonyl (C=O) groups excluding carboxylic acids is 12. The number of rotatable bonds is 31. The maximum atomic E-state index is 14.8. The van der Waals surface area contributed by atoms with Gasteiger partial charge in [0.05, 0.1) is 37.6 Å². The van der Waals surface area contributed by atoms with Gasteiger partial charge in [0.2, 0.25) is 53.2 Å². The zero-order valence-corrected chi connectivity index (χ0v) is 57.0. The number of nitrogens with zero attached hydrogens (tertiary/aromatic N) is 1. The van der Waals surface area contributed by atoms with E-state index in [1.54, 1.807) is 0 Å². The first kappa shape index (κ1) is 85.2. The molecule has 3 rings (SSSR count). The molecular weight excluding hydrogens is 1310 g/mol. The van der Waals surface area contributed by atoms with Crippen molar-refractivity contribution in [2.45, 2.75) is 260 Å². The number of allylic oxidation sites excluding steroid dienone is 1. The van der Waals surface area contributed by atoms with Crippen LogP contribution in [0, 0.1) is 0 Å². The molecule has 11 amide bonds. The predicted octanol–water partition coefficient (Wildman–Crippen LogP) is -5.33. The average Bonchev–Trinajstić information content (AvgIpc) is 0.857. The Morgan fingerprint density at radius 3 is 1.83 bits per heavy atom. The molecule has 0 aromatic heterocycles. The SMILES string of the molecule is CC=C1NC(=O)C(Cc2ccc(O)cc2)NC(=O)C(C(C)O)NC(=O)C(NC(=O)C(NC(=O)C(O)C(O)CCCCCCCCCCCCC)C(C)O)C(C)OC(=O)C(CCC(N)=O)NC(=O)C(C(C)OC2OC(CO)C(O)C(O)C2O)N(C)C(=O)CNC(=O)C(CCC(N)=O)NC1=O. The topological polar surface area (TPSA) is 566 Å². The second kappa shape index (κ2) is 42.8. The van der Waals surface area contributed by atoms with E-state index in [0.29, 0.717) is 17.7 Å². The molecule has 2 aliphatic heterocycles. The molecule has 2 aliphatic rings. The van der Waals surface area contributed by atoms with Gasteiger partial charge in [-0.1, -0.05) is 95.8 Å². The maximum absolute atomic E-state index is 14.8. The van der Waals surface area contributed by atoms with Crippen LogP contribution in [0.4, 0.5) is 0 Å². The van der Waals surface area contributed by atoms with E-state index in [9.17, 15) is 103 Å². The van der Waals surface area contributed by atoms with Crippen molar-refractivity contribution in [2.24, 2.45) is 11.5 Å². The summed E-state index contributed by atoms with van der Waals surface area (Å²) in [6.45, 7) is 5.57. The second-order valence-electron chi connectivity index (χ2n) is 24.8. The first-order valence-corrected chi connectivity index (χ1v) is 33.2. The Bertz CT molecular complexity index is 2880. The standard InChI is InChI=1S/C64H103N11O24/c1-8-10-11-12-13-14-15-16-17-18-19-20-42(80)51(84)62(95)73-48(33(4)78)59(92)74-49-34(5)97-63(96)40(26-28-45(66)82)70-61(94)50(35(6)98-64-54(87)53(86)52(85)43(31-76)99-64)75(7)46(83)30-67-55(88)39(25-27-44(65)81)69-56(89)38(9-2)68-57(90)41(29-36-21-23-37(79)24-22-36)71-58(91)47(32(3)77)72-60(49)93/h9,21-24,32-35,39-43,47-54,64,76-80,84-87H,8,10-20,25-31H2,1-7H3,(H2,65,81)(H2,66,82)(H,67,88)(H,68,90)(H,69,89)(H,70,94)(H,71,91)(H,72,93)(H,73,95)(H,74,92). The number of cyclic esters (lactones) is 1. The molecule has 18 atom stereocenters. The lowest BCUT2D eigenvalue weighted by molar-refractivity contribution is -0.312. The summed E-state index contributed by atoms with van der Waals surface area (Å²) in [6.07, 6.45) is -12.1. The van der Waals surface area contributed by atoms with Crippen molar-refractivity contribution in [3.05, 3.63) is 41.6 Å². The largest absolute Gasteiger partial charge is 0.508 e. The number of phenolic OH excluding ortho intramolecular Hbond substituents is 1. The monoisotopic (exact) mass is 1410 g/mol. The number of aliphatic hydroxyl groups excluding tert-OH is 8. The molecule has 0 radical (unpaired) electrons. The molecule has 35 nitrogen and oxygen atoms in total. The predicted molar refractivity (Wildman–Crippen MR) is 348 cm³/mol. The molecule has 18 unspecified atom stereocenters. The number of nitrogens with two attached hydrogens (primary N) is 2. The van der Waals surface area contributed by atoms with Gasteiger partial charge in [0.1, 0.15) is 84.3 Å². The summed E-state index contributed by atoms with van der Waals surface area (Å²) in [6, 6.07) is -8.97. The summed E-state index contributed by atoms with van der Waals surface area (Å²) in [5.41, 5.74) is 10.5. The normalized spacial score (nSPS) is 26.8. The number of amides is 11. The summed E-state index contributed by atoms with van der Waals surface area (Å²) < 4.78 is 17.0. The van der Waals surface area contributed by atoms with Crippen LogP contribution in [-0.4, -0.2) is 252 Å². The third-order valence-corrected chi connectivity index (χ3v) is 16.7. The second-order valence-corrected chi connectivity index (χ2v) is 24.8. The molecule has 2 heterocycles. The number of aromatic hydroxyl groups is 1. The first-order chi connectivity index (χ1) is 46.7. The fourth-order valence-electron chi connectivity index (χ4n) is 10.8. The van der Waals surface area contributed by atoms with E-state index < -0.39 is 232 Å². The number of hydrogen-bond acceptors (Lipinski definition) is 24. The van der Waals surface area contributed by atoms with Gasteiger partial charge in [0.15, 0.2) is 12.4 Å². The third-order valence-electron chi connectivity index (χ3n) is 16.7. The lowest BCUT2D eigenvalue weighted by atomic mass is 9.99. The Hall–Kier alpha value is -8.00. The van der Waals surface area contributed by atoms with Crippen molar-refractivity contribution in [1.29, 1.82) is 0 Å². The van der Waals surface area contributed by atoms with E-state index in [4.69, 9.17) is 25.7 Å². The molecule has 99 heavy (non-hydrogen) atoms. The molecule has 0 aliphatic carbocycles. The smallest absolute Gasteiger partial charge is 0.329 e. The number of nitrogens with one attached hydrogen (secondary N) is 8. The van der Waals surface area contributed by atoms with Crippen LogP contribution in [-0.2, 0) is 78.2 Å². The highest BCUT2D eigenvalue weighted by atomic mass is 16.7. The molecule has 0 saturated carbocycles. The third kappa shape index (κ3) is 27.9. The Morgan fingerprint density at radius 1 is 0.717 bits per heavy atom. The lowest BCUT2D eigenvalue weighted by Gasteiger charge is -2.42.